The quantitative estimate of drug-likeness (QED) is 0.695. The summed E-state index contributed by atoms with van der Waals surface area (Å²) in [5.74, 6) is -0.330. The summed E-state index contributed by atoms with van der Waals surface area (Å²) in [7, 11) is 1.36. The Labute approximate surface area is 76.8 Å². The number of benzene rings is 1. The Morgan fingerprint density at radius 3 is 2.46 bits per heavy atom. The third kappa shape index (κ3) is 2.33. The molecule has 68 valence electrons. The van der Waals surface area contributed by atoms with Gasteiger partial charge >= 0.3 is 5.97 Å². The fourth-order valence-electron chi connectivity index (χ4n) is 0.959. The zero-order valence-corrected chi connectivity index (χ0v) is 7.36. The maximum atomic E-state index is 11.0. The molecule has 0 unspecified atom stereocenters. The van der Waals surface area contributed by atoms with Crippen LogP contribution in [0.4, 0.5) is 0 Å². The fraction of sp³-hybridized carbons (Fsp3) is 0.100. The standard InChI is InChI=1S/C10H11NO2/c1-13-10(12)9-4-2-8(3-5-9)6-7-11/h2-7H,11H2,1H3/b7-6+. The Bertz CT molecular complexity index is 314. The van der Waals surface area contributed by atoms with Gasteiger partial charge in [-0.15, -0.1) is 0 Å². The fourth-order valence-corrected chi connectivity index (χ4v) is 0.959. The highest BCUT2D eigenvalue weighted by Crippen LogP contribution is 2.06. The van der Waals surface area contributed by atoms with Crippen LogP contribution in [-0.4, -0.2) is 13.1 Å². The number of hydrogen-bond acceptors (Lipinski definition) is 3. The van der Waals surface area contributed by atoms with E-state index < -0.39 is 0 Å². The Morgan fingerprint density at radius 2 is 2.00 bits per heavy atom. The van der Waals surface area contributed by atoms with Crippen molar-refractivity contribution >= 4 is 12.0 Å². The smallest absolute Gasteiger partial charge is 0.337 e. The second kappa shape index (κ2) is 4.30. The van der Waals surface area contributed by atoms with Gasteiger partial charge in [-0.25, -0.2) is 4.79 Å². The Kier molecular flexibility index (Phi) is 3.09. The first-order chi connectivity index (χ1) is 6.27. The number of carbonyl (C=O) groups excluding carboxylic acids is 1. The summed E-state index contributed by atoms with van der Waals surface area (Å²) in [6.45, 7) is 0. The highest BCUT2D eigenvalue weighted by atomic mass is 16.5. The summed E-state index contributed by atoms with van der Waals surface area (Å²) < 4.78 is 4.55. The van der Waals surface area contributed by atoms with Gasteiger partial charge in [-0.3, -0.25) is 0 Å². The minimum absolute atomic E-state index is 0.330. The van der Waals surface area contributed by atoms with Gasteiger partial charge in [0, 0.05) is 0 Å². The molecule has 1 aromatic carbocycles. The zero-order chi connectivity index (χ0) is 9.68. The monoisotopic (exact) mass is 177 g/mol. The van der Waals surface area contributed by atoms with E-state index in [1.54, 1.807) is 30.3 Å². The summed E-state index contributed by atoms with van der Waals surface area (Å²) in [6, 6.07) is 6.99. The third-order valence-corrected chi connectivity index (χ3v) is 1.62. The predicted octanol–water partition coefficient (Wildman–Crippen LogP) is 1.40. The number of esters is 1. The number of nitrogens with two attached hydrogens (primary N) is 1. The Morgan fingerprint density at radius 1 is 1.38 bits per heavy atom. The number of ether oxygens (including phenoxy) is 1. The number of methoxy groups -OCH3 is 1. The molecule has 3 heteroatoms. The predicted molar refractivity (Wildman–Crippen MR) is 51.0 cm³/mol. The topological polar surface area (TPSA) is 52.3 Å². The van der Waals surface area contributed by atoms with Crippen LogP contribution in [0.15, 0.2) is 30.5 Å². The van der Waals surface area contributed by atoms with Crippen molar-refractivity contribution in [2.45, 2.75) is 0 Å². The van der Waals surface area contributed by atoms with Crippen molar-refractivity contribution in [3.05, 3.63) is 41.6 Å². The lowest BCUT2D eigenvalue weighted by Gasteiger charge is -1.98. The molecule has 0 amide bonds. The lowest BCUT2D eigenvalue weighted by molar-refractivity contribution is 0.0601. The van der Waals surface area contributed by atoms with E-state index in [0.29, 0.717) is 5.56 Å². The largest absolute Gasteiger partial charge is 0.465 e. The molecule has 2 N–H and O–H groups in total. The Hall–Kier alpha value is -1.77. The van der Waals surface area contributed by atoms with Crippen LogP contribution in [0.2, 0.25) is 0 Å². The van der Waals surface area contributed by atoms with Gasteiger partial charge in [-0.1, -0.05) is 12.1 Å². The first-order valence-corrected chi connectivity index (χ1v) is 3.84. The summed E-state index contributed by atoms with van der Waals surface area (Å²) in [5, 5.41) is 0. The maximum absolute atomic E-state index is 11.0. The van der Waals surface area contributed by atoms with Gasteiger partial charge in [0.25, 0.3) is 0 Å². The molecule has 0 spiro atoms. The van der Waals surface area contributed by atoms with Gasteiger partial charge in [0.2, 0.25) is 0 Å². The molecule has 0 saturated heterocycles. The van der Waals surface area contributed by atoms with Gasteiger partial charge in [0.05, 0.1) is 12.7 Å². The van der Waals surface area contributed by atoms with E-state index in [9.17, 15) is 4.79 Å². The van der Waals surface area contributed by atoms with Crippen LogP contribution in [0.25, 0.3) is 6.08 Å². The van der Waals surface area contributed by atoms with Crippen molar-refractivity contribution in [2.24, 2.45) is 5.73 Å². The summed E-state index contributed by atoms with van der Waals surface area (Å²) in [6.07, 6.45) is 3.20. The van der Waals surface area contributed by atoms with Crippen molar-refractivity contribution in [1.29, 1.82) is 0 Å². The lowest BCUT2D eigenvalue weighted by atomic mass is 10.1. The van der Waals surface area contributed by atoms with Crippen molar-refractivity contribution in [2.75, 3.05) is 7.11 Å². The van der Waals surface area contributed by atoms with Crippen molar-refractivity contribution in [3.8, 4) is 0 Å². The van der Waals surface area contributed by atoms with Crippen molar-refractivity contribution in [3.63, 3.8) is 0 Å². The molecular weight excluding hydrogens is 166 g/mol. The minimum atomic E-state index is -0.330. The average Bonchev–Trinajstić information content (AvgIpc) is 2.18. The van der Waals surface area contributed by atoms with Gasteiger partial charge in [-0.2, -0.15) is 0 Å². The van der Waals surface area contributed by atoms with Crippen LogP contribution in [0.1, 0.15) is 15.9 Å². The molecule has 0 fully saturated rings. The lowest BCUT2D eigenvalue weighted by Crippen LogP contribution is -2.00. The van der Waals surface area contributed by atoms with Crippen LogP contribution < -0.4 is 5.73 Å². The maximum Gasteiger partial charge on any atom is 0.337 e. The molecule has 0 aliphatic heterocycles. The Balaban J connectivity index is 2.87. The van der Waals surface area contributed by atoms with Gasteiger partial charge in [0.1, 0.15) is 0 Å². The highest BCUT2D eigenvalue weighted by Gasteiger charge is 2.02. The first-order valence-electron chi connectivity index (χ1n) is 3.84. The molecule has 0 bridgehead atoms. The van der Waals surface area contributed by atoms with Crippen molar-refractivity contribution < 1.29 is 9.53 Å². The number of rotatable bonds is 2. The van der Waals surface area contributed by atoms with E-state index in [-0.39, 0.29) is 5.97 Å². The molecular formula is C10H11NO2. The van der Waals surface area contributed by atoms with Gasteiger partial charge in [-0.05, 0) is 30.0 Å². The molecule has 0 heterocycles. The van der Waals surface area contributed by atoms with E-state index in [0.717, 1.165) is 5.56 Å². The summed E-state index contributed by atoms with van der Waals surface area (Å²) in [4.78, 5) is 11.0. The average molecular weight is 177 g/mol. The normalized spacial score (nSPS) is 10.2. The molecule has 0 aliphatic rings. The highest BCUT2D eigenvalue weighted by molar-refractivity contribution is 5.89. The zero-order valence-electron chi connectivity index (χ0n) is 7.36. The molecule has 0 atom stereocenters. The minimum Gasteiger partial charge on any atom is -0.465 e. The van der Waals surface area contributed by atoms with Crippen LogP contribution >= 0.6 is 0 Å². The molecule has 0 aliphatic carbocycles. The molecule has 1 rings (SSSR count). The van der Waals surface area contributed by atoms with E-state index in [4.69, 9.17) is 5.73 Å². The molecule has 1 aromatic rings. The number of hydrogen-bond donors (Lipinski definition) is 1. The molecule has 0 aromatic heterocycles. The van der Waals surface area contributed by atoms with E-state index in [1.165, 1.54) is 13.3 Å². The van der Waals surface area contributed by atoms with Crippen molar-refractivity contribution in [1.82, 2.24) is 0 Å². The summed E-state index contributed by atoms with van der Waals surface area (Å²) in [5.41, 5.74) is 6.70. The van der Waals surface area contributed by atoms with Crippen LogP contribution in [-0.2, 0) is 4.74 Å². The van der Waals surface area contributed by atoms with E-state index in [1.807, 2.05) is 0 Å². The molecule has 0 radical (unpaired) electrons. The molecule has 0 saturated carbocycles. The SMILES string of the molecule is COC(=O)c1ccc(/C=C/N)cc1. The van der Waals surface area contributed by atoms with E-state index in [2.05, 4.69) is 4.74 Å². The second-order valence-electron chi connectivity index (χ2n) is 2.47. The van der Waals surface area contributed by atoms with Crippen LogP contribution in [0.3, 0.4) is 0 Å². The van der Waals surface area contributed by atoms with Crippen LogP contribution in [0, 0.1) is 0 Å². The first kappa shape index (κ1) is 9.32. The van der Waals surface area contributed by atoms with Crippen LogP contribution in [0.5, 0.6) is 0 Å². The second-order valence-corrected chi connectivity index (χ2v) is 2.47. The molecule has 13 heavy (non-hydrogen) atoms. The van der Waals surface area contributed by atoms with Gasteiger partial charge in [0.15, 0.2) is 0 Å². The third-order valence-electron chi connectivity index (χ3n) is 1.62. The summed E-state index contributed by atoms with van der Waals surface area (Å²) >= 11 is 0. The van der Waals surface area contributed by atoms with E-state index >= 15 is 0 Å². The van der Waals surface area contributed by atoms with Gasteiger partial charge < -0.3 is 10.5 Å². The molecule has 3 nitrogen and oxygen atoms in total. The number of carbonyl (C=O) groups is 1.